The Morgan fingerprint density at radius 2 is 2.04 bits per heavy atom. The molecule has 1 aromatic carbocycles. The first-order chi connectivity index (χ1) is 12.0. The summed E-state index contributed by atoms with van der Waals surface area (Å²) in [6, 6.07) is 8.25. The van der Waals surface area contributed by atoms with Crippen molar-refractivity contribution in [2.75, 3.05) is 13.7 Å². The van der Waals surface area contributed by atoms with Gasteiger partial charge >= 0.3 is 5.97 Å². The first-order valence-electron chi connectivity index (χ1n) is 7.55. The Balaban J connectivity index is 1.80. The number of carbonyl (C=O) groups excluding carboxylic acids is 2. The highest BCUT2D eigenvalue weighted by molar-refractivity contribution is 9.10. The molecule has 2 unspecified atom stereocenters. The molecular weight excluding hydrogens is 397 g/mol. The van der Waals surface area contributed by atoms with Gasteiger partial charge in [-0.1, -0.05) is 12.1 Å². The van der Waals surface area contributed by atoms with Gasteiger partial charge in [0, 0.05) is 6.42 Å². The Morgan fingerprint density at radius 1 is 1.28 bits per heavy atom. The number of para-hydroxylation sites is 1. The van der Waals surface area contributed by atoms with Gasteiger partial charge in [0.2, 0.25) is 0 Å². The van der Waals surface area contributed by atoms with Crippen molar-refractivity contribution in [1.29, 1.82) is 0 Å². The van der Waals surface area contributed by atoms with Gasteiger partial charge in [-0.05, 0) is 40.2 Å². The molecule has 1 aliphatic heterocycles. The lowest BCUT2D eigenvalue weighted by molar-refractivity contribution is -0.145. The molecular formula is C17H15BrFNO5. The maximum absolute atomic E-state index is 13.8. The topological polar surface area (TPSA) is 69.0 Å². The fourth-order valence-electron chi connectivity index (χ4n) is 2.76. The predicted octanol–water partition coefficient (Wildman–Crippen LogP) is 3.02. The van der Waals surface area contributed by atoms with Gasteiger partial charge in [0.15, 0.2) is 22.0 Å². The molecule has 0 bridgehead atoms. The number of hydrogen-bond donors (Lipinski definition) is 0. The zero-order valence-corrected chi connectivity index (χ0v) is 14.9. The van der Waals surface area contributed by atoms with Crippen molar-refractivity contribution in [3.8, 4) is 5.75 Å². The lowest BCUT2D eigenvalue weighted by Crippen LogP contribution is -2.41. The van der Waals surface area contributed by atoms with Crippen LogP contribution in [0.15, 0.2) is 45.5 Å². The lowest BCUT2D eigenvalue weighted by atomic mass is 10.2. The third kappa shape index (κ3) is 3.68. The summed E-state index contributed by atoms with van der Waals surface area (Å²) in [7, 11) is 1.25. The Kier molecular flexibility index (Phi) is 5.08. The Labute approximate surface area is 151 Å². The van der Waals surface area contributed by atoms with Crippen molar-refractivity contribution in [1.82, 2.24) is 4.90 Å². The normalized spacial score (nSPS) is 19.7. The van der Waals surface area contributed by atoms with Crippen LogP contribution in [-0.2, 0) is 9.53 Å². The van der Waals surface area contributed by atoms with Crippen LogP contribution in [0, 0.1) is 5.82 Å². The van der Waals surface area contributed by atoms with Crippen LogP contribution in [-0.4, -0.2) is 42.6 Å². The van der Waals surface area contributed by atoms with E-state index in [2.05, 4.69) is 15.9 Å². The highest BCUT2D eigenvalue weighted by Crippen LogP contribution is 2.27. The summed E-state index contributed by atoms with van der Waals surface area (Å²) in [5.41, 5.74) is 0. The second-order valence-corrected chi connectivity index (χ2v) is 6.29. The predicted molar refractivity (Wildman–Crippen MR) is 88.7 cm³/mol. The van der Waals surface area contributed by atoms with Crippen LogP contribution < -0.4 is 4.74 Å². The molecule has 6 nitrogen and oxygen atoms in total. The Hall–Kier alpha value is -2.35. The van der Waals surface area contributed by atoms with E-state index in [9.17, 15) is 14.0 Å². The van der Waals surface area contributed by atoms with Gasteiger partial charge in [-0.25, -0.2) is 9.18 Å². The quantitative estimate of drug-likeness (QED) is 0.723. The maximum Gasteiger partial charge on any atom is 0.328 e. The molecule has 1 aromatic heterocycles. The largest absolute Gasteiger partial charge is 0.485 e. The number of halogens is 2. The summed E-state index contributed by atoms with van der Waals surface area (Å²) >= 11 is 3.14. The molecule has 0 radical (unpaired) electrons. The van der Waals surface area contributed by atoms with Crippen LogP contribution in [0.5, 0.6) is 5.75 Å². The van der Waals surface area contributed by atoms with E-state index in [1.165, 1.54) is 30.2 Å². The number of esters is 1. The lowest BCUT2D eigenvalue weighted by Gasteiger charge is -2.21. The number of likely N-dealkylation sites (tertiary alicyclic amines) is 1. The van der Waals surface area contributed by atoms with Crippen LogP contribution in [0.3, 0.4) is 0 Å². The molecule has 8 heteroatoms. The van der Waals surface area contributed by atoms with Gasteiger partial charge in [0.25, 0.3) is 5.91 Å². The average Bonchev–Trinajstić information content (AvgIpc) is 3.22. The molecule has 2 aromatic rings. The number of rotatable bonds is 4. The van der Waals surface area contributed by atoms with Crippen molar-refractivity contribution < 1.29 is 27.9 Å². The highest BCUT2D eigenvalue weighted by Gasteiger charge is 2.42. The van der Waals surface area contributed by atoms with E-state index in [1.807, 2.05) is 0 Å². The van der Waals surface area contributed by atoms with E-state index in [-0.39, 0.29) is 24.5 Å². The first kappa shape index (κ1) is 17.5. The molecule has 1 amide bonds. The van der Waals surface area contributed by atoms with E-state index >= 15 is 0 Å². The molecule has 2 heterocycles. The molecule has 0 N–H and O–H groups in total. The van der Waals surface area contributed by atoms with Gasteiger partial charge in [-0.3, -0.25) is 4.79 Å². The van der Waals surface area contributed by atoms with E-state index in [1.54, 1.807) is 18.2 Å². The molecule has 1 saturated heterocycles. The van der Waals surface area contributed by atoms with Gasteiger partial charge < -0.3 is 18.8 Å². The van der Waals surface area contributed by atoms with Crippen molar-refractivity contribution >= 4 is 27.8 Å². The average molecular weight is 412 g/mol. The van der Waals surface area contributed by atoms with Crippen LogP contribution in [0.2, 0.25) is 0 Å². The third-order valence-corrected chi connectivity index (χ3v) is 4.34. The molecule has 0 saturated carbocycles. The SMILES string of the molecule is COC(=O)C1CC(Oc2ccccc2F)CN1C(=O)c1ccc(Br)o1. The van der Waals surface area contributed by atoms with Gasteiger partial charge in [0.1, 0.15) is 12.1 Å². The molecule has 0 aliphatic carbocycles. The summed E-state index contributed by atoms with van der Waals surface area (Å²) in [6.45, 7) is 0.116. The molecule has 3 rings (SSSR count). The third-order valence-electron chi connectivity index (χ3n) is 3.91. The van der Waals surface area contributed by atoms with Crippen molar-refractivity contribution in [2.45, 2.75) is 18.6 Å². The molecule has 2 atom stereocenters. The number of furan rings is 1. The number of hydrogen-bond acceptors (Lipinski definition) is 5. The number of carbonyl (C=O) groups is 2. The standard InChI is InChI=1S/C17H15BrFNO5/c1-23-17(22)12-8-10(24-13-5-3-2-4-11(13)19)9-20(12)16(21)14-6-7-15(18)25-14/h2-7,10,12H,8-9H2,1H3. The number of ether oxygens (including phenoxy) is 2. The Bertz CT molecular complexity index is 793. The van der Waals surface area contributed by atoms with Gasteiger partial charge in [0.05, 0.1) is 13.7 Å². The zero-order valence-electron chi connectivity index (χ0n) is 13.3. The number of benzene rings is 1. The van der Waals surface area contributed by atoms with Crippen LogP contribution in [0.25, 0.3) is 0 Å². The van der Waals surface area contributed by atoms with Crippen LogP contribution in [0.1, 0.15) is 17.0 Å². The highest BCUT2D eigenvalue weighted by atomic mass is 79.9. The molecule has 1 aliphatic rings. The minimum absolute atomic E-state index is 0.0751. The first-order valence-corrected chi connectivity index (χ1v) is 8.34. The second kappa shape index (κ2) is 7.26. The Morgan fingerprint density at radius 3 is 2.68 bits per heavy atom. The molecule has 132 valence electrons. The molecule has 1 fully saturated rings. The number of nitrogens with zero attached hydrogens (tertiary/aromatic N) is 1. The molecule has 0 spiro atoms. The van der Waals surface area contributed by atoms with E-state index < -0.39 is 29.8 Å². The maximum atomic E-state index is 13.8. The van der Waals surface area contributed by atoms with E-state index in [4.69, 9.17) is 13.9 Å². The summed E-state index contributed by atoms with van der Waals surface area (Å²) in [5.74, 6) is -1.35. The van der Waals surface area contributed by atoms with Crippen molar-refractivity contribution in [3.63, 3.8) is 0 Å². The minimum Gasteiger partial charge on any atom is -0.485 e. The summed E-state index contributed by atoms with van der Waals surface area (Å²) in [6.07, 6.45) is -0.336. The van der Waals surface area contributed by atoms with Crippen molar-refractivity contribution in [3.05, 3.63) is 52.6 Å². The summed E-state index contributed by atoms with van der Waals surface area (Å²) in [5, 5.41) is 0. The van der Waals surface area contributed by atoms with Crippen molar-refractivity contribution in [2.24, 2.45) is 0 Å². The second-order valence-electron chi connectivity index (χ2n) is 5.51. The van der Waals surface area contributed by atoms with Crippen LogP contribution >= 0.6 is 15.9 Å². The zero-order chi connectivity index (χ0) is 18.0. The van der Waals surface area contributed by atoms with E-state index in [0.29, 0.717) is 4.67 Å². The summed E-state index contributed by atoms with van der Waals surface area (Å²) in [4.78, 5) is 26.0. The monoisotopic (exact) mass is 411 g/mol. The fraction of sp³-hybridized carbons (Fsp3) is 0.294. The summed E-state index contributed by atoms with van der Waals surface area (Å²) < 4.78 is 29.9. The van der Waals surface area contributed by atoms with Crippen LogP contribution in [0.4, 0.5) is 4.39 Å². The fourth-order valence-corrected chi connectivity index (χ4v) is 3.06. The van der Waals surface area contributed by atoms with Gasteiger partial charge in [-0.15, -0.1) is 0 Å². The number of methoxy groups -OCH3 is 1. The smallest absolute Gasteiger partial charge is 0.328 e. The molecule has 25 heavy (non-hydrogen) atoms. The van der Waals surface area contributed by atoms with E-state index in [0.717, 1.165) is 0 Å². The minimum atomic E-state index is -0.821. The van der Waals surface area contributed by atoms with Gasteiger partial charge in [-0.2, -0.15) is 0 Å². The number of amides is 1.